The number of nitrogens with two attached hydrogens (primary N) is 1. The zero-order valence-corrected chi connectivity index (χ0v) is 11.7. The monoisotopic (exact) mass is 319 g/mol. The predicted molar refractivity (Wildman–Crippen MR) is 73.9 cm³/mol. The molecule has 0 saturated heterocycles. The van der Waals surface area contributed by atoms with Gasteiger partial charge in [-0.3, -0.25) is 0 Å². The van der Waals surface area contributed by atoms with Crippen LogP contribution in [0.5, 0.6) is 11.5 Å². The average molecular weight is 321 g/mol. The van der Waals surface area contributed by atoms with Crippen LogP contribution in [0.2, 0.25) is 0 Å². The van der Waals surface area contributed by atoms with Crippen molar-refractivity contribution in [1.82, 2.24) is 0 Å². The molecule has 1 aliphatic heterocycles. The SMILES string of the molecule is C=CCC[C@H](N)c1cc2c(cc1Br)OCO2.Cl. The molecular formula is C12H15BrClNO2. The van der Waals surface area contributed by atoms with Crippen molar-refractivity contribution in [2.24, 2.45) is 5.73 Å². The fourth-order valence-corrected chi connectivity index (χ4v) is 2.29. The van der Waals surface area contributed by atoms with Gasteiger partial charge in [0.15, 0.2) is 11.5 Å². The highest BCUT2D eigenvalue weighted by atomic mass is 79.9. The number of rotatable bonds is 4. The first-order valence-corrected chi connectivity index (χ1v) is 5.97. The first-order valence-electron chi connectivity index (χ1n) is 5.18. The van der Waals surface area contributed by atoms with E-state index in [0.29, 0.717) is 0 Å². The summed E-state index contributed by atoms with van der Waals surface area (Å²) >= 11 is 3.50. The molecule has 0 aliphatic carbocycles. The molecule has 0 radical (unpaired) electrons. The number of benzene rings is 1. The van der Waals surface area contributed by atoms with Crippen molar-refractivity contribution < 1.29 is 9.47 Å². The Hall–Kier alpha value is -0.710. The van der Waals surface area contributed by atoms with Gasteiger partial charge in [-0.2, -0.15) is 0 Å². The van der Waals surface area contributed by atoms with Crippen molar-refractivity contribution in [2.45, 2.75) is 18.9 Å². The maximum absolute atomic E-state index is 6.10. The smallest absolute Gasteiger partial charge is 0.231 e. The Morgan fingerprint density at radius 3 is 2.71 bits per heavy atom. The lowest BCUT2D eigenvalue weighted by molar-refractivity contribution is 0.174. The molecule has 0 spiro atoms. The Bertz CT molecular complexity index is 412. The molecular weight excluding hydrogens is 305 g/mol. The maximum Gasteiger partial charge on any atom is 0.231 e. The van der Waals surface area contributed by atoms with Crippen LogP contribution in [-0.2, 0) is 0 Å². The third kappa shape index (κ3) is 3.15. The number of halogens is 2. The Labute approximate surface area is 116 Å². The van der Waals surface area contributed by atoms with Gasteiger partial charge < -0.3 is 15.2 Å². The molecule has 1 heterocycles. The van der Waals surface area contributed by atoms with Crippen LogP contribution in [0, 0.1) is 0 Å². The van der Waals surface area contributed by atoms with Gasteiger partial charge >= 0.3 is 0 Å². The summed E-state index contributed by atoms with van der Waals surface area (Å²) in [5.74, 6) is 1.54. The standard InChI is InChI=1S/C12H14BrNO2.ClH/c1-2-3-4-10(14)8-5-11-12(6-9(8)13)16-7-15-11;/h2,5-6,10H,1,3-4,7,14H2;1H/t10-;/m0./s1. The summed E-state index contributed by atoms with van der Waals surface area (Å²) in [5.41, 5.74) is 7.15. The van der Waals surface area contributed by atoms with E-state index < -0.39 is 0 Å². The second-order valence-corrected chi connectivity index (χ2v) is 4.55. The molecule has 0 aromatic heterocycles. The van der Waals surface area contributed by atoms with Gasteiger partial charge in [0.2, 0.25) is 6.79 Å². The summed E-state index contributed by atoms with van der Waals surface area (Å²) in [5, 5.41) is 0. The Balaban J connectivity index is 0.00000144. The Kier molecular flexibility index (Phi) is 5.31. The largest absolute Gasteiger partial charge is 0.454 e. The van der Waals surface area contributed by atoms with Crippen molar-refractivity contribution in [1.29, 1.82) is 0 Å². The van der Waals surface area contributed by atoms with Crippen LogP contribution in [0.25, 0.3) is 0 Å². The fourth-order valence-electron chi connectivity index (χ4n) is 1.67. The van der Waals surface area contributed by atoms with E-state index in [0.717, 1.165) is 34.4 Å². The second kappa shape index (κ2) is 6.28. The molecule has 1 aromatic rings. The van der Waals surface area contributed by atoms with Crippen molar-refractivity contribution in [3.8, 4) is 11.5 Å². The van der Waals surface area contributed by atoms with E-state index in [-0.39, 0.29) is 25.2 Å². The van der Waals surface area contributed by atoms with Crippen LogP contribution in [0.1, 0.15) is 24.4 Å². The zero-order chi connectivity index (χ0) is 11.5. The molecule has 0 amide bonds. The Morgan fingerprint density at radius 1 is 1.41 bits per heavy atom. The topological polar surface area (TPSA) is 44.5 Å². The number of allylic oxidation sites excluding steroid dienone is 1. The number of fused-ring (bicyclic) bond motifs is 1. The fraction of sp³-hybridized carbons (Fsp3) is 0.333. The molecule has 1 aromatic carbocycles. The van der Waals surface area contributed by atoms with Gasteiger partial charge in [0.05, 0.1) is 0 Å². The minimum atomic E-state index is -0.0122. The van der Waals surface area contributed by atoms with Crippen LogP contribution in [0.15, 0.2) is 29.3 Å². The molecule has 94 valence electrons. The molecule has 1 atom stereocenters. The van der Waals surface area contributed by atoms with Crippen LogP contribution >= 0.6 is 28.3 Å². The number of hydrogen-bond donors (Lipinski definition) is 1. The molecule has 17 heavy (non-hydrogen) atoms. The van der Waals surface area contributed by atoms with Gasteiger partial charge in [-0.1, -0.05) is 22.0 Å². The quantitative estimate of drug-likeness (QED) is 0.863. The summed E-state index contributed by atoms with van der Waals surface area (Å²) in [6, 6.07) is 3.84. The van der Waals surface area contributed by atoms with Gasteiger partial charge in [-0.25, -0.2) is 0 Å². The van der Waals surface area contributed by atoms with Gasteiger partial charge in [0.25, 0.3) is 0 Å². The minimum Gasteiger partial charge on any atom is -0.454 e. The lowest BCUT2D eigenvalue weighted by atomic mass is 10.0. The zero-order valence-electron chi connectivity index (χ0n) is 9.32. The van der Waals surface area contributed by atoms with Crippen molar-refractivity contribution >= 4 is 28.3 Å². The van der Waals surface area contributed by atoms with Gasteiger partial charge in [-0.05, 0) is 30.5 Å². The first-order chi connectivity index (χ1) is 7.72. The summed E-state index contributed by atoms with van der Waals surface area (Å²) in [7, 11) is 0. The van der Waals surface area contributed by atoms with E-state index in [2.05, 4.69) is 22.5 Å². The third-order valence-corrected chi connectivity index (χ3v) is 3.26. The highest BCUT2D eigenvalue weighted by Crippen LogP contribution is 2.39. The van der Waals surface area contributed by atoms with E-state index in [1.165, 1.54) is 0 Å². The summed E-state index contributed by atoms with van der Waals surface area (Å²) in [4.78, 5) is 0. The van der Waals surface area contributed by atoms with Gasteiger partial charge in [0, 0.05) is 10.5 Å². The van der Waals surface area contributed by atoms with Crippen molar-refractivity contribution in [3.05, 3.63) is 34.8 Å². The summed E-state index contributed by atoms with van der Waals surface area (Å²) in [6.45, 7) is 3.98. The molecule has 0 fully saturated rings. The molecule has 0 saturated carbocycles. The number of ether oxygens (including phenoxy) is 2. The van der Waals surface area contributed by atoms with Crippen LogP contribution in [-0.4, -0.2) is 6.79 Å². The van der Waals surface area contributed by atoms with Crippen molar-refractivity contribution in [3.63, 3.8) is 0 Å². The molecule has 2 N–H and O–H groups in total. The summed E-state index contributed by atoms with van der Waals surface area (Å²) in [6.07, 6.45) is 3.66. The average Bonchev–Trinajstić information content (AvgIpc) is 2.71. The highest BCUT2D eigenvalue weighted by Gasteiger charge is 2.18. The predicted octanol–water partition coefficient (Wildman–Crippen LogP) is 3.57. The van der Waals surface area contributed by atoms with Crippen molar-refractivity contribution in [2.75, 3.05) is 6.79 Å². The van der Waals surface area contributed by atoms with E-state index in [9.17, 15) is 0 Å². The molecule has 3 nitrogen and oxygen atoms in total. The normalized spacial score (nSPS) is 14.0. The lowest BCUT2D eigenvalue weighted by Gasteiger charge is -2.13. The minimum absolute atomic E-state index is 0. The van der Waals surface area contributed by atoms with Crippen LogP contribution in [0.3, 0.4) is 0 Å². The summed E-state index contributed by atoms with van der Waals surface area (Å²) < 4.78 is 11.6. The van der Waals surface area contributed by atoms with Crippen LogP contribution in [0.4, 0.5) is 0 Å². The molecule has 0 unspecified atom stereocenters. The van der Waals surface area contributed by atoms with Gasteiger partial charge in [0.1, 0.15) is 0 Å². The van der Waals surface area contributed by atoms with E-state index in [1.807, 2.05) is 18.2 Å². The maximum atomic E-state index is 6.10. The highest BCUT2D eigenvalue weighted by molar-refractivity contribution is 9.10. The van der Waals surface area contributed by atoms with E-state index in [1.54, 1.807) is 0 Å². The molecule has 1 aliphatic rings. The number of hydrogen-bond acceptors (Lipinski definition) is 3. The molecule has 5 heteroatoms. The van der Waals surface area contributed by atoms with E-state index >= 15 is 0 Å². The van der Waals surface area contributed by atoms with E-state index in [4.69, 9.17) is 15.2 Å². The first kappa shape index (κ1) is 14.4. The van der Waals surface area contributed by atoms with Crippen LogP contribution < -0.4 is 15.2 Å². The van der Waals surface area contributed by atoms with Gasteiger partial charge in [-0.15, -0.1) is 19.0 Å². The Morgan fingerprint density at radius 2 is 2.06 bits per heavy atom. The molecule has 2 rings (SSSR count). The lowest BCUT2D eigenvalue weighted by Crippen LogP contribution is -2.10. The molecule has 0 bridgehead atoms. The third-order valence-electron chi connectivity index (χ3n) is 2.57. The second-order valence-electron chi connectivity index (χ2n) is 3.70.